The average Bonchev–Trinajstić information content (AvgIpc) is 2.82. The highest BCUT2D eigenvalue weighted by Crippen LogP contribution is 2.33. The molecule has 0 fully saturated rings. The van der Waals surface area contributed by atoms with Crippen LogP contribution in [0.3, 0.4) is 0 Å². The van der Waals surface area contributed by atoms with Crippen LogP contribution in [0.2, 0.25) is 0 Å². The lowest BCUT2D eigenvalue weighted by Crippen LogP contribution is -2.31. The summed E-state index contributed by atoms with van der Waals surface area (Å²) >= 11 is 2.92. The van der Waals surface area contributed by atoms with Gasteiger partial charge in [-0.15, -0.1) is 11.8 Å². The van der Waals surface area contributed by atoms with Crippen molar-refractivity contribution in [2.45, 2.75) is 24.8 Å². The molecule has 0 aliphatic carbocycles. The number of thioether (sulfide) groups is 2. The van der Waals surface area contributed by atoms with Crippen LogP contribution in [0.5, 0.6) is 5.75 Å². The van der Waals surface area contributed by atoms with Crippen molar-refractivity contribution < 1.29 is 19.1 Å². The van der Waals surface area contributed by atoms with Gasteiger partial charge in [-0.25, -0.2) is 9.79 Å². The Kier molecular flexibility index (Phi) is 8.85. The quantitative estimate of drug-likeness (QED) is 0.416. The number of methoxy groups -OCH3 is 1. The van der Waals surface area contributed by atoms with Crippen molar-refractivity contribution in [3.63, 3.8) is 0 Å². The van der Waals surface area contributed by atoms with Gasteiger partial charge in [0.05, 0.1) is 25.0 Å². The van der Waals surface area contributed by atoms with E-state index in [1.54, 1.807) is 37.9 Å². The van der Waals surface area contributed by atoms with Crippen LogP contribution in [0.25, 0.3) is 0 Å². The molecule has 1 amide bonds. The summed E-state index contributed by atoms with van der Waals surface area (Å²) in [6, 6.07) is 14.6. The van der Waals surface area contributed by atoms with Gasteiger partial charge in [-0.3, -0.25) is 4.79 Å². The normalized spacial score (nSPS) is 15.4. The fourth-order valence-electron chi connectivity index (χ4n) is 3.25. The van der Waals surface area contributed by atoms with Gasteiger partial charge in [0, 0.05) is 22.3 Å². The Morgan fingerprint density at radius 3 is 2.61 bits per heavy atom. The molecule has 2 N–H and O–H groups in total. The zero-order valence-corrected chi connectivity index (χ0v) is 20.6. The monoisotopic (exact) mass is 485 g/mol. The first-order chi connectivity index (χ1) is 15.9. The second-order valence-corrected chi connectivity index (χ2v) is 8.91. The number of amides is 1. The van der Waals surface area contributed by atoms with Crippen LogP contribution in [-0.2, 0) is 14.3 Å². The molecule has 0 aromatic heterocycles. The molecule has 0 radical (unpaired) electrons. The number of anilines is 1. The van der Waals surface area contributed by atoms with E-state index in [2.05, 4.69) is 10.6 Å². The van der Waals surface area contributed by atoms with Crippen molar-refractivity contribution in [1.82, 2.24) is 5.32 Å². The van der Waals surface area contributed by atoms with E-state index in [-0.39, 0.29) is 18.3 Å². The van der Waals surface area contributed by atoms with Crippen molar-refractivity contribution in [2.24, 2.45) is 4.99 Å². The van der Waals surface area contributed by atoms with Gasteiger partial charge in [0.2, 0.25) is 5.91 Å². The summed E-state index contributed by atoms with van der Waals surface area (Å²) in [5.74, 6) is 0.256. The van der Waals surface area contributed by atoms with E-state index in [9.17, 15) is 9.59 Å². The lowest BCUT2D eigenvalue weighted by Gasteiger charge is -2.25. The summed E-state index contributed by atoms with van der Waals surface area (Å²) in [5, 5.41) is 6.58. The minimum Gasteiger partial charge on any atom is -0.497 e. The van der Waals surface area contributed by atoms with E-state index < -0.39 is 12.0 Å². The largest absolute Gasteiger partial charge is 0.497 e. The first kappa shape index (κ1) is 24.7. The molecule has 0 unspecified atom stereocenters. The predicted octanol–water partition coefficient (Wildman–Crippen LogP) is 4.63. The molecule has 33 heavy (non-hydrogen) atoms. The Hall–Kier alpha value is -2.91. The molecule has 3 rings (SSSR count). The van der Waals surface area contributed by atoms with Crippen LogP contribution < -0.4 is 15.4 Å². The van der Waals surface area contributed by atoms with E-state index in [0.29, 0.717) is 27.9 Å². The Balaban J connectivity index is 1.76. The number of rotatable bonds is 8. The van der Waals surface area contributed by atoms with E-state index >= 15 is 0 Å². The van der Waals surface area contributed by atoms with Crippen LogP contribution in [0.4, 0.5) is 5.69 Å². The lowest BCUT2D eigenvalue weighted by molar-refractivity contribution is -0.139. The number of ether oxygens (including phenoxy) is 2. The molecule has 0 saturated heterocycles. The Bertz CT molecular complexity index is 1070. The predicted molar refractivity (Wildman–Crippen MR) is 135 cm³/mol. The standard InChI is InChI=1S/C24H27N3O4S2/c1-5-31-23(29)21-15(2)25-24(27-22(21)16-9-11-19(32-4)12-10-16)33-14-20(28)26-17-7-6-8-18(13-17)30-3/h6-13,22H,5,14H2,1-4H3,(H,25,27)(H,26,28)/t22-/m1/s1. The van der Waals surface area contributed by atoms with Gasteiger partial charge in [-0.1, -0.05) is 30.0 Å². The first-order valence-electron chi connectivity index (χ1n) is 10.4. The van der Waals surface area contributed by atoms with Crippen LogP contribution in [0.15, 0.2) is 69.7 Å². The zero-order chi connectivity index (χ0) is 23.8. The average molecular weight is 486 g/mol. The summed E-state index contributed by atoms with van der Waals surface area (Å²) in [7, 11) is 1.58. The second-order valence-electron chi connectivity index (χ2n) is 7.06. The molecule has 2 aromatic rings. The van der Waals surface area contributed by atoms with E-state index in [0.717, 1.165) is 10.5 Å². The number of benzene rings is 2. The van der Waals surface area contributed by atoms with Crippen molar-refractivity contribution in [3.8, 4) is 5.75 Å². The Morgan fingerprint density at radius 2 is 1.94 bits per heavy atom. The molecule has 0 bridgehead atoms. The van der Waals surface area contributed by atoms with Gasteiger partial charge < -0.3 is 20.1 Å². The summed E-state index contributed by atoms with van der Waals surface area (Å²) < 4.78 is 10.5. The van der Waals surface area contributed by atoms with Crippen molar-refractivity contribution >= 4 is 46.3 Å². The molecular weight excluding hydrogens is 458 g/mol. The number of hydrogen-bond donors (Lipinski definition) is 2. The number of amidine groups is 1. The van der Waals surface area contributed by atoms with E-state index in [1.165, 1.54) is 11.8 Å². The molecular formula is C24H27N3O4S2. The van der Waals surface area contributed by atoms with Crippen molar-refractivity contribution in [3.05, 3.63) is 65.4 Å². The SMILES string of the molecule is CCOC(=O)C1=C(C)NC(SCC(=O)Nc2cccc(OC)c2)=N[C@@H]1c1ccc(SC)cc1. The maximum atomic E-state index is 12.7. The van der Waals surface area contributed by atoms with Gasteiger partial charge in [0.25, 0.3) is 0 Å². The highest BCUT2D eigenvalue weighted by molar-refractivity contribution is 8.14. The van der Waals surface area contributed by atoms with Crippen molar-refractivity contribution in [2.75, 3.05) is 31.0 Å². The second kappa shape index (κ2) is 11.8. The van der Waals surface area contributed by atoms with Gasteiger partial charge in [0.1, 0.15) is 11.8 Å². The number of hydrogen-bond acceptors (Lipinski definition) is 8. The Morgan fingerprint density at radius 1 is 1.18 bits per heavy atom. The number of carbonyl (C=O) groups excluding carboxylic acids is 2. The molecule has 1 aliphatic rings. The third-order valence-corrected chi connectivity index (χ3v) is 6.47. The molecule has 0 spiro atoms. The molecule has 2 aromatic carbocycles. The molecule has 0 saturated carbocycles. The third-order valence-electron chi connectivity index (χ3n) is 4.84. The lowest BCUT2D eigenvalue weighted by atomic mass is 9.97. The minimum absolute atomic E-state index is 0.156. The fourth-order valence-corrected chi connectivity index (χ4v) is 4.41. The Labute approximate surface area is 202 Å². The van der Waals surface area contributed by atoms with E-state index in [4.69, 9.17) is 14.5 Å². The van der Waals surface area contributed by atoms with Crippen LogP contribution >= 0.6 is 23.5 Å². The van der Waals surface area contributed by atoms with Gasteiger partial charge in [-0.05, 0) is 49.9 Å². The number of allylic oxidation sites excluding steroid dienone is 1. The van der Waals surface area contributed by atoms with Crippen LogP contribution in [0.1, 0.15) is 25.5 Å². The smallest absolute Gasteiger partial charge is 0.338 e. The number of esters is 1. The maximum Gasteiger partial charge on any atom is 0.338 e. The molecule has 7 nitrogen and oxygen atoms in total. The summed E-state index contributed by atoms with van der Waals surface area (Å²) in [6.45, 7) is 3.88. The van der Waals surface area contributed by atoms with Gasteiger partial charge >= 0.3 is 5.97 Å². The van der Waals surface area contributed by atoms with E-state index in [1.807, 2.05) is 49.6 Å². The van der Waals surface area contributed by atoms with Crippen molar-refractivity contribution in [1.29, 1.82) is 0 Å². The zero-order valence-electron chi connectivity index (χ0n) is 19.0. The summed E-state index contributed by atoms with van der Waals surface area (Å²) in [6.07, 6.45) is 2.01. The number of aliphatic imine (C=N–C) groups is 1. The fraction of sp³-hybridized carbons (Fsp3) is 0.292. The summed E-state index contributed by atoms with van der Waals surface area (Å²) in [4.78, 5) is 31.0. The number of nitrogens with zero attached hydrogens (tertiary/aromatic N) is 1. The minimum atomic E-state index is -0.509. The van der Waals surface area contributed by atoms with Crippen LogP contribution in [0, 0.1) is 0 Å². The third kappa shape index (κ3) is 6.55. The molecule has 1 aliphatic heterocycles. The van der Waals surface area contributed by atoms with Gasteiger partial charge in [-0.2, -0.15) is 0 Å². The highest BCUT2D eigenvalue weighted by Gasteiger charge is 2.30. The molecule has 1 atom stereocenters. The number of carbonyl (C=O) groups is 2. The topological polar surface area (TPSA) is 89.0 Å². The molecule has 1 heterocycles. The van der Waals surface area contributed by atoms with Gasteiger partial charge in [0.15, 0.2) is 5.17 Å². The highest BCUT2D eigenvalue weighted by atomic mass is 32.2. The maximum absolute atomic E-state index is 12.7. The first-order valence-corrected chi connectivity index (χ1v) is 12.6. The molecule has 9 heteroatoms. The number of nitrogens with one attached hydrogen (secondary N) is 2. The van der Waals surface area contributed by atoms with Crippen LogP contribution in [-0.4, -0.2) is 42.8 Å². The summed E-state index contributed by atoms with van der Waals surface area (Å²) in [5.41, 5.74) is 2.68. The molecule has 174 valence electrons.